The van der Waals surface area contributed by atoms with Gasteiger partial charge in [-0.2, -0.15) is 0 Å². The zero-order valence-electron chi connectivity index (χ0n) is 11.1. The third-order valence-electron chi connectivity index (χ3n) is 2.93. The highest BCUT2D eigenvalue weighted by atomic mass is 79.9. The second-order valence-corrected chi connectivity index (χ2v) is 5.24. The van der Waals surface area contributed by atoms with E-state index >= 15 is 0 Å². The quantitative estimate of drug-likeness (QED) is 0.912. The van der Waals surface area contributed by atoms with Gasteiger partial charge in [0.25, 0.3) is 0 Å². The highest BCUT2D eigenvalue weighted by Gasteiger charge is 2.06. The van der Waals surface area contributed by atoms with Gasteiger partial charge in [0.15, 0.2) is 0 Å². The van der Waals surface area contributed by atoms with Crippen LogP contribution in [0.2, 0.25) is 0 Å². The number of halogens is 1. The molecular weight excluding hydrogens is 304 g/mol. The Kier molecular flexibility index (Phi) is 4.93. The Morgan fingerprint density at radius 2 is 2.05 bits per heavy atom. The van der Waals surface area contributed by atoms with Gasteiger partial charge in [0.05, 0.1) is 12.8 Å². The molecule has 0 aliphatic carbocycles. The molecule has 1 N–H and O–H groups in total. The van der Waals surface area contributed by atoms with Crippen molar-refractivity contribution in [1.29, 1.82) is 0 Å². The number of hydrogen-bond donors (Lipinski definition) is 1. The van der Waals surface area contributed by atoms with E-state index in [1.807, 2.05) is 30.3 Å². The van der Waals surface area contributed by atoms with Gasteiger partial charge in [0.1, 0.15) is 0 Å². The lowest BCUT2D eigenvalue weighted by atomic mass is 10.1. The molecule has 19 heavy (non-hydrogen) atoms. The van der Waals surface area contributed by atoms with Crippen LogP contribution in [0.4, 0.5) is 0 Å². The lowest BCUT2D eigenvalue weighted by Gasteiger charge is -2.14. The summed E-state index contributed by atoms with van der Waals surface area (Å²) in [4.78, 5) is 4.38. The summed E-state index contributed by atoms with van der Waals surface area (Å²) >= 11 is 3.49. The average Bonchev–Trinajstić information content (AvgIpc) is 2.45. The van der Waals surface area contributed by atoms with Crippen LogP contribution < -0.4 is 10.1 Å². The van der Waals surface area contributed by atoms with Crippen LogP contribution in [0.5, 0.6) is 5.88 Å². The van der Waals surface area contributed by atoms with E-state index in [2.05, 4.69) is 45.3 Å². The maximum atomic E-state index is 5.12. The van der Waals surface area contributed by atoms with E-state index in [-0.39, 0.29) is 6.04 Å². The number of ether oxygens (including phenoxy) is 1. The van der Waals surface area contributed by atoms with Crippen molar-refractivity contribution in [2.45, 2.75) is 19.5 Å². The van der Waals surface area contributed by atoms with Crippen LogP contribution in [0.25, 0.3) is 0 Å². The molecule has 4 heteroatoms. The molecular formula is C15H17BrN2O. The van der Waals surface area contributed by atoms with Crippen LogP contribution >= 0.6 is 15.9 Å². The van der Waals surface area contributed by atoms with E-state index in [4.69, 9.17) is 4.74 Å². The summed E-state index contributed by atoms with van der Waals surface area (Å²) in [6, 6.07) is 14.4. The highest BCUT2D eigenvalue weighted by Crippen LogP contribution is 2.18. The Hall–Kier alpha value is -1.39. The Balaban J connectivity index is 1.98. The zero-order valence-corrected chi connectivity index (χ0v) is 12.6. The number of benzene rings is 1. The zero-order chi connectivity index (χ0) is 13.7. The predicted octanol–water partition coefficient (Wildman–Crippen LogP) is 3.70. The minimum Gasteiger partial charge on any atom is -0.481 e. The van der Waals surface area contributed by atoms with Crippen LogP contribution in [0.3, 0.4) is 0 Å². The molecule has 0 aliphatic rings. The van der Waals surface area contributed by atoms with E-state index in [0.717, 1.165) is 10.2 Å². The first-order valence-corrected chi connectivity index (χ1v) is 6.97. The number of rotatable bonds is 5. The van der Waals surface area contributed by atoms with Gasteiger partial charge in [0.2, 0.25) is 5.88 Å². The summed E-state index contributed by atoms with van der Waals surface area (Å²) in [5.74, 6) is 0.648. The maximum absolute atomic E-state index is 5.12. The van der Waals surface area contributed by atoms with Crippen LogP contribution in [-0.2, 0) is 6.54 Å². The number of hydrogen-bond acceptors (Lipinski definition) is 3. The molecule has 0 spiro atoms. The fourth-order valence-electron chi connectivity index (χ4n) is 1.82. The summed E-state index contributed by atoms with van der Waals surface area (Å²) in [5, 5.41) is 3.45. The largest absolute Gasteiger partial charge is 0.481 e. The molecule has 2 aromatic rings. The molecule has 1 aromatic carbocycles. The maximum Gasteiger partial charge on any atom is 0.213 e. The van der Waals surface area contributed by atoms with Crippen molar-refractivity contribution in [3.63, 3.8) is 0 Å². The van der Waals surface area contributed by atoms with Gasteiger partial charge in [-0.1, -0.05) is 34.1 Å². The number of methoxy groups -OCH3 is 1. The molecule has 0 fully saturated rings. The fourth-order valence-corrected chi connectivity index (χ4v) is 2.24. The Bertz CT molecular complexity index is 545. The van der Waals surface area contributed by atoms with E-state index in [1.165, 1.54) is 5.56 Å². The van der Waals surface area contributed by atoms with E-state index in [0.29, 0.717) is 12.4 Å². The lowest BCUT2D eigenvalue weighted by Crippen LogP contribution is -2.18. The summed E-state index contributed by atoms with van der Waals surface area (Å²) in [6.45, 7) is 2.85. The summed E-state index contributed by atoms with van der Waals surface area (Å²) < 4.78 is 6.21. The molecule has 100 valence electrons. The molecule has 0 saturated heterocycles. The van der Waals surface area contributed by atoms with Crippen LogP contribution in [0, 0.1) is 0 Å². The summed E-state index contributed by atoms with van der Waals surface area (Å²) in [6.07, 6.45) is 0. The van der Waals surface area contributed by atoms with Crippen molar-refractivity contribution < 1.29 is 4.74 Å². The molecule has 1 aromatic heterocycles. The molecule has 2 rings (SSSR count). The Morgan fingerprint density at radius 3 is 2.79 bits per heavy atom. The number of nitrogens with zero attached hydrogens (tertiary/aromatic N) is 1. The third kappa shape index (κ3) is 4.04. The second-order valence-electron chi connectivity index (χ2n) is 4.33. The SMILES string of the molecule is COc1cccc(CNC(C)c2cccc(Br)c2)n1. The van der Waals surface area contributed by atoms with Gasteiger partial charge >= 0.3 is 0 Å². The summed E-state index contributed by atoms with van der Waals surface area (Å²) in [7, 11) is 1.63. The van der Waals surface area contributed by atoms with E-state index < -0.39 is 0 Å². The summed E-state index contributed by atoms with van der Waals surface area (Å²) in [5.41, 5.74) is 2.22. The van der Waals surface area contributed by atoms with Crippen molar-refractivity contribution in [3.05, 3.63) is 58.2 Å². The monoisotopic (exact) mass is 320 g/mol. The number of nitrogens with one attached hydrogen (secondary N) is 1. The molecule has 1 unspecified atom stereocenters. The molecule has 0 amide bonds. The minimum absolute atomic E-state index is 0.269. The molecule has 0 aliphatic heterocycles. The van der Waals surface area contributed by atoms with Gasteiger partial charge in [-0.15, -0.1) is 0 Å². The van der Waals surface area contributed by atoms with Gasteiger partial charge < -0.3 is 10.1 Å². The minimum atomic E-state index is 0.269. The topological polar surface area (TPSA) is 34.1 Å². The molecule has 1 heterocycles. The molecule has 3 nitrogen and oxygen atoms in total. The first-order valence-electron chi connectivity index (χ1n) is 6.18. The van der Waals surface area contributed by atoms with Gasteiger partial charge in [-0.25, -0.2) is 4.98 Å². The standard InChI is InChI=1S/C15H17BrN2O/c1-11(12-5-3-6-13(16)9-12)17-10-14-7-4-8-15(18-14)19-2/h3-9,11,17H,10H2,1-2H3. The van der Waals surface area contributed by atoms with Gasteiger partial charge in [-0.3, -0.25) is 0 Å². The molecule has 0 bridgehead atoms. The molecule has 0 radical (unpaired) electrons. The van der Waals surface area contributed by atoms with E-state index in [9.17, 15) is 0 Å². The van der Waals surface area contributed by atoms with Crippen molar-refractivity contribution in [3.8, 4) is 5.88 Å². The fraction of sp³-hybridized carbons (Fsp3) is 0.267. The van der Waals surface area contributed by atoms with Gasteiger partial charge in [0, 0.05) is 23.1 Å². The third-order valence-corrected chi connectivity index (χ3v) is 3.42. The van der Waals surface area contributed by atoms with Crippen molar-refractivity contribution in [2.75, 3.05) is 7.11 Å². The van der Waals surface area contributed by atoms with Crippen LogP contribution in [-0.4, -0.2) is 12.1 Å². The first-order chi connectivity index (χ1) is 9.19. The lowest BCUT2D eigenvalue weighted by molar-refractivity contribution is 0.395. The van der Waals surface area contributed by atoms with Gasteiger partial charge in [-0.05, 0) is 30.7 Å². The van der Waals surface area contributed by atoms with E-state index in [1.54, 1.807) is 7.11 Å². The molecule has 1 atom stereocenters. The Morgan fingerprint density at radius 1 is 1.26 bits per heavy atom. The number of pyridine rings is 1. The average molecular weight is 321 g/mol. The normalized spacial score (nSPS) is 12.2. The Labute approximate surface area is 122 Å². The predicted molar refractivity (Wildman–Crippen MR) is 80.2 cm³/mol. The van der Waals surface area contributed by atoms with Crippen LogP contribution in [0.1, 0.15) is 24.2 Å². The van der Waals surface area contributed by atoms with Crippen molar-refractivity contribution in [2.24, 2.45) is 0 Å². The number of aromatic nitrogens is 1. The van der Waals surface area contributed by atoms with Crippen molar-refractivity contribution in [1.82, 2.24) is 10.3 Å². The van der Waals surface area contributed by atoms with Crippen LogP contribution in [0.15, 0.2) is 46.9 Å². The second kappa shape index (κ2) is 6.68. The smallest absolute Gasteiger partial charge is 0.213 e. The highest BCUT2D eigenvalue weighted by molar-refractivity contribution is 9.10. The van der Waals surface area contributed by atoms with Crippen molar-refractivity contribution >= 4 is 15.9 Å². The first kappa shape index (κ1) is 14.0. The molecule has 0 saturated carbocycles.